The maximum absolute atomic E-state index is 11.2. The standard InChI is InChI=1S/C10H7ClO3/c11-9(6-12)7-14-10(13)8-4-2-1-3-5-8/h1-7H. The van der Waals surface area contributed by atoms with Crippen molar-refractivity contribution in [3.63, 3.8) is 0 Å². The van der Waals surface area contributed by atoms with Crippen LogP contribution in [0, 0.1) is 0 Å². The van der Waals surface area contributed by atoms with Crippen LogP contribution in [0.5, 0.6) is 0 Å². The fourth-order valence-electron chi connectivity index (χ4n) is 0.780. The largest absolute Gasteiger partial charge is 0.429 e. The van der Waals surface area contributed by atoms with Gasteiger partial charge in [-0.15, -0.1) is 0 Å². The summed E-state index contributed by atoms with van der Waals surface area (Å²) in [6.45, 7) is 0. The Morgan fingerprint density at radius 1 is 1.29 bits per heavy atom. The first-order valence-corrected chi connectivity index (χ1v) is 4.18. The van der Waals surface area contributed by atoms with Crippen molar-refractivity contribution < 1.29 is 14.3 Å². The van der Waals surface area contributed by atoms with Crippen LogP contribution in [0.2, 0.25) is 0 Å². The third kappa shape index (κ3) is 3.03. The molecule has 0 radical (unpaired) electrons. The van der Waals surface area contributed by atoms with Crippen molar-refractivity contribution in [2.24, 2.45) is 0 Å². The van der Waals surface area contributed by atoms with Crippen molar-refractivity contribution in [3.8, 4) is 0 Å². The predicted molar refractivity (Wildman–Crippen MR) is 51.9 cm³/mol. The number of rotatable bonds is 3. The quantitative estimate of drug-likeness (QED) is 0.332. The molecule has 0 aliphatic carbocycles. The molecule has 3 nitrogen and oxygen atoms in total. The molecule has 0 bridgehead atoms. The first-order chi connectivity index (χ1) is 6.74. The summed E-state index contributed by atoms with van der Waals surface area (Å²) in [5.41, 5.74) is 0.402. The second-order valence-corrected chi connectivity index (χ2v) is 2.83. The zero-order valence-corrected chi connectivity index (χ0v) is 7.90. The topological polar surface area (TPSA) is 43.4 Å². The second-order valence-electron chi connectivity index (χ2n) is 2.39. The van der Waals surface area contributed by atoms with Gasteiger partial charge in [-0.1, -0.05) is 29.8 Å². The van der Waals surface area contributed by atoms with Crippen LogP contribution in [-0.2, 0) is 9.53 Å². The van der Waals surface area contributed by atoms with E-state index in [2.05, 4.69) is 4.74 Å². The minimum Gasteiger partial charge on any atom is -0.429 e. The number of carbonyl (C=O) groups is 2. The number of benzene rings is 1. The Kier molecular flexibility index (Phi) is 3.88. The van der Waals surface area contributed by atoms with Gasteiger partial charge in [-0.05, 0) is 12.1 Å². The molecule has 14 heavy (non-hydrogen) atoms. The van der Waals surface area contributed by atoms with Gasteiger partial charge in [-0.25, -0.2) is 4.79 Å². The van der Waals surface area contributed by atoms with Gasteiger partial charge < -0.3 is 4.74 Å². The van der Waals surface area contributed by atoms with Gasteiger partial charge in [0.25, 0.3) is 0 Å². The number of hydrogen-bond acceptors (Lipinski definition) is 3. The average molecular weight is 211 g/mol. The zero-order chi connectivity index (χ0) is 10.4. The summed E-state index contributed by atoms with van der Waals surface area (Å²) in [6, 6.07) is 8.41. The summed E-state index contributed by atoms with van der Waals surface area (Å²) in [6.07, 6.45) is 1.30. The number of halogens is 1. The van der Waals surface area contributed by atoms with Crippen LogP contribution in [0.15, 0.2) is 41.6 Å². The molecule has 1 aromatic rings. The van der Waals surface area contributed by atoms with E-state index in [1.807, 2.05) is 0 Å². The number of aldehydes is 1. The Morgan fingerprint density at radius 2 is 1.93 bits per heavy atom. The lowest BCUT2D eigenvalue weighted by molar-refractivity contribution is -0.104. The minimum atomic E-state index is -0.550. The summed E-state index contributed by atoms with van der Waals surface area (Å²) in [7, 11) is 0. The monoisotopic (exact) mass is 210 g/mol. The van der Waals surface area contributed by atoms with E-state index in [-0.39, 0.29) is 5.03 Å². The fraction of sp³-hybridized carbons (Fsp3) is 0. The SMILES string of the molecule is O=CC(Cl)=COC(=O)c1ccccc1. The lowest BCUT2D eigenvalue weighted by Crippen LogP contribution is -2.00. The molecular weight excluding hydrogens is 204 g/mol. The van der Waals surface area contributed by atoms with Gasteiger partial charge in [0.2, 0.25) is 0 Å². The highest BCUT2D eigenvalue weighted by molar-refractivity contribution is 6.38. The van der Waals surface area contributed by atoms with E-state index in [4.69, 9.17) is 11.6 Å². The highest BCUT2D eigenvalue weighted by Crippen LogP contribution is 2.03. The van der Waals surface area contributed by atoms with Crippen LogP contribution in [0.25, 0.3) is 0 Å². The molecule has 0 amide bonds. The van der Waals surface area contributed by atoms with Gasteiger partial charge in [-0.2, -0.15) is 0 Å². The molecule has 0 aromatic heterocycles. The van der Waals surface area contributed by atoms with Crippen molar-refractivity contribution in [1.29, 1.82) is 0 Å². The van der Waals surface area contributed by atoms with E-state index in [9.17, 15) is 9.59 Å². The van der Waals surface area contributed by atoms with Crippen LogP contribution in [0.1, 0.15) is 10.4 Å². The Labute approximate surface area is 85.9 Å². The molecule has 0 fully saturated rings. The van der Waals surface area contributed by atoms with E-state index >= 15 is 0 Å². The maximum atomic E-state index is 11.2. The van der Waals surface area contributed by atoms with Gasteiger partial charge in [0.05, 0.1) is 5.56 Å². The Hall–Kier alpha value is -1.61. The Bertz CT molecular complexity index is 357. The molecule has 0 saturated carbocycles. The minimum absolute atomic E-state index is 0.158. The van der Waals surface area contributed by atoms with E-state index in [1.54, 1.807) is 30.3 Å². The van der Waals surface area contributed by atoms with Gasteiger partial charge in [0, 0.05) is 0 Å². The van der Waals surface area contributed by atoms with Crippen molar-refractivity contribution >= 4 is 23.9 Å². The summed E-state index contributed by atoms with van der Waals surface area (Å²) < 4.78 is 4.62. The van der Waals surface area contributed by atoms with Crippen LogP contribution >= 0.6 is 11.6 Å². The van der Waals surface area contributed by atoms with Crippen molar-refractivity contribution in [1.82, 2.24) is 0 Å². The van der Waals surface area contributed by atoms with Crippen molar-refractivity contribution in [2.45, 2.75) is 0 Å². The highest BCUT2D eigenvalue weighted by atomic mass is 35.5. The number of carbonyl (C=O) groups excluding carboxylic acids is 2. The van der Waals surface area contributed by atoms with Crippen molar-refractivity contribution in [2.75, 3.05) is 0 Å². The molecule has 0 N–H and O–H groups in total. The van der Waals surface area contributed by atoms with Gasteiger partial charge in [-0.3, -0.25) is 4.79 Å². The van der Waals surface area contributed by atoms with E-state index in [0.29, 0.717) is 11.8 Å². The van der Waals surface area contributed by atoms with Gasteiger partial charge in [0.1, 0.15) is 11.3 Å². The molecule has 0 aliphatic heterocycles. The lowest BCUT2D eigenvalue weighted by atomic mass is 10.2. The zero-order valence-electron chi connectivity index (χ0n) is 7.14. The molecule has 0 saturated heterocycles. The van der Waals surface area contributed by atoms with Gasteiger partial charge in [0.15, 0.2) is 6.29 Å². The number of esters is 1. The third-order valence-electron chi connectivity index (χ3n) is 1.40. The fourth-order valence-corrected chi connectivity index (χ4v) is 0.824. The molecule has 0 atom stereocenters. The number of ether oxygens (including phenoxy) is 1. The highest BCUT2D eigenvalue weighted by Gasteiger charge is 2.03. The molecular formula is C10H7ClO3. The van der Waals surface area contributed by atoms with E-state index in [0.717, 1.165) is 6.26 Å². The molecule has 4 heteroatoms. The molecule has 0 aliphatic rings. The Morgan fingerprint density at radius 3 is 2.50 bits per heavy atom. The number of hydrogen-bond donors (Lipinski definition) is 0. The lowest BCUT2D eigenvalue weighted by Gasteiger charge is -1.97. The van der Waals surface area contributed by atoms with Crippen LogP contribution in [-0.4, -0.2) is 12.3 Å². The molecule has 0 spiro atoms. The predicted octanol–water partition coefficient (Wildman–Crippen LogP) is 2.12. The van der Waals surface area contributed by atoms with Crippen LogP contribution in [0.3, 0.4) is 0 Å². The van der Waals surface area contributed by atoms with Crippen LogP contribution < -0.4 is 0 Å². The molecule has 1 aromatic carbocycles. The number of allylic oxidation sites excluding steroid dienone is 1. The maximum Gasteiger partial charge on any atom is 0.342 e. The average Bonchev–Trinajstić information content (AvgIpc) is 2.26. The summed E-state index contributed by atoms with van der Waals surface area (Å²) >= 11 is 5.31. The third-order valence-corrected chi connectivity index (χ3v) is 1.58. The summed E-state index contributed by atoms with van der Waals surface area (Å²) in [4.78, 5) is 21.3. The summed E-state index contributed by atoms with van der Waals surface area (Å²) in [5.74, 6) is -0.550. The first kappa shape index (κ1) is 10.5. The normalized spacial score (nSPS) is 10.8. The Balaban J connectivity index is 2.65. The van der Waals surface area contributed by atoms with Gasteiger partial charge >= 0.3 is 5.97 Å². The van der Waals surface area contributed by atoms with E-state index < -0.39 is 5.97 Å². The smallest absolute Gasteiger partial charge is 0.342 e. The molecule has 72 valence electrons. The molecule has 0 heterocycles. The van der Waals surface area contributed by atoms with Crippen LogP contribution in [0.4, 0.5) is 0 Å². The summed E-state index contributed by atoms with van der Waals surface area (Å²) in [5, 5.41) is -0.158. The molecule has 1 rings (SSSR count). The molecule has 0 unspecified atom stereocenters. The van der Waals surface area contributed by atoms with Crippen molar-refractivity contribution in [3.05, 3.63) is 47.2 Å². The second kappa shape index (κ2) is 5.19. The first-order valence-electron chi connectivity index (χ1n) is 3.81. The van der Waals surface area contributed by atoms with E-state index in [1.165, 1.54) is 0 Å².